The number of para-hydroxylation sites is 1. The number of benzene rings is 1. The molecule has 2 aromatic rings. The van der Waals surface area contributed by atoms with E-state index in [2.05, 4.69) is 23.8 Å². The summed E-state index contributed by atoms with van der Waals surface area (Å²) >= 11 is 0. The average Bonchev–Trinajstić information content (AvgIpc) is 3.11. The number of aromatic nitrogens is 2. The highest BCUT2D eigenvalue weighted by atomic mass is 16.5. The Kier molecular flexibility index (Phi) is 5.62. The smallest absolute Gasteiger partial charge is 0.311 e. The number of nitrogens with zero attached hydrogens (tertiary/aromatic N) is 2. The van der Waals surface area contributed by atoms with Gasteiger partial charge in [-0.2, -0.15) is 0 Å². The van der Waals surface area contributed by atoms with E-state index in [-0.39, 0.29) is 23.9 Å². The standard InChI is InChI=1S/C23H29N3O4/c1-13-7-6-10-19(14(13)2)26-12-16(11-20(26)27)23(29)30-15(3)21-24-18-9-5-4-8-17(18)22(28)25-21/h4-5,8-9,13-16,19H,6-7,10-12H2,1-3H3,(H,24,25,28)/t13-,14+,15-,16+,19-/m0/s1. The van der Waals surface area contributed by atoms with Crippen molar-refractivity contribution >= 4 is 22.8 Å². The van der Waals surface area contributed by atoms with Crippen molar-refractivity contribution in [3.63, 3.8) is 0 Å². The number of carbonyl (C=O) groups excluding carboxylic acids is 2. The minimum Gasteiger partial charge on any atom is -0.454 e. The largest absolute Gasteiger partial charge is 0.454 e. The van der Waals surface area contributed by atoms with Crippen LogP contribution in [0.25, 0.3) is 10.9 Å². The first kappa shape index (κ1) is 20.6. The fourth-order valence-corrected chi connectivity index (χ4v) is 4.83. The van der Waals surface area contributed by atoms with Gasteiger partial charge in [-0.05, 0) is 37.3 Å². The molecule has 4 rings (SSSR count). The molecule has 1 aromatic carbocycles. The number of nitrogens with one attached hydrogen (secondary N) is 1. The summed E-state index contributed by atoms with van der Waals surface area (Å²) in [5.41, 5.74) is 0.294. The third kappa shape index (κ3) is 3.85. The van der Waals surface area contributed by atoms with Crippen molar-refractivity contribution in [1.29, 1.82) is 0 Å². The van der Waals surface area contributed by atoms with E-state index < -0.39 is 18.0 Å². The summed E-state index contributed by atoms with van der Waals surface area (Å²) in [6, 6.07) is 7.24. The number of hydrogen-bond donors (Lipinski definition) is 1. The van der Waals surface area contributed by atoms with Gasteiger partial charge in [-0.1, -0.05) is 38.8 Å². The second-order valence-corrected chi connectivity index (χ2v) is 8.83. The predicted octanol–water partition coefficient (Wildman–Crippen LogP) is 3.20. The topological polar surface area (TPSA) is 92.4 Å². The molecule has 0 radical (unpaired) electrons. The molecule has 0 unspecified atom stereocenters. The fourth-order valence-electron chi connectivity index (χ4n) is 4.83. The van der Waals surface area contributed by atoms with Crippen LogP contribution in [0.3, 0.4) is 0 Å². The first-order valence-electron chi connectivity index (χ1n) is 10.8. The van der Waals surface area contributed by atoms with E-state index in [1.54, 1.807) is 31.2 Å². The van der Waals surface area contributed by atoms with Crippen LogP contribution in [-0.2, 0) is 14.3 Å². The van der Waals surface area contributed by atoms with Crippen LogP contribution in [0, 0.1) is 17.8 Å². The molecular weight excluding hydrogens is 382 g/mol. The van der Waals surface area contributed by atoms with Gasteiger partial charge in [-0.15, -0.1) is 0 Å². The quantitative estimate of drug-likeness (QED) is 0.780. The van der Waals surface area contributed by atoms with E-state index in [1.807, 2.05) is 4.90 Å². The van der Waals surface area contributed by atoms with Gasteiger partial charge in [-0.25, -0.2) is 4.98 Å². The maximum Gasteiger partial charge on any atom is 0.311 e. The third-order valence-corrected chi connectivity index (χ3v) is 6.87. The normalized spacial score (nSPS) is 28.0. The molecule has 2 heterocycles. The van der Waals surface area contributed by atoms with E-state index in [1.165, 1.54) is 6.42 Å². The molecule has 1 amide bonds. The lowest BCUT2D eigenvalue weighted by molar-refractivity contribution is -0.153. The van der Waals surface area contributed by atoms with Crippen LogP contribution in [0.1, 0.15) is 58.4 Å². The number of carbonyl (C=O) groups is 2. The van der Waals surface area contributed by atoms with Gasteiger partial charge in [0.2, 0.25) is 5.91 Å². The second-order valence-electron chi connectivity index (χ2n) is 8.83. The van der Waals surface area contributed by atoms with E-state index in [0.29, 0.717) is 35.1 Å². The molecule has 7 heteroatoms. The molecule has 1 aliphatic heterocycles. The van der Waals surface area contributed by atoms with Crippen molar-refractivity contribution in [2.24, 2.45) is 17.8 Å². The van der Waals surface area contributed by atoms with Crippen LogP contribution in [-0.4, -0.2) is 39.3 Å². The van der Waals surface area contributed by atoms with Crippen LogP contribution >= 0.6 is 0 Å². The third-order valence-electron chi connectivity index (χ3n) is 6.87. The molecule has 1 saturated carbocycles. The molecule has 1 saturated heterocycles. The summed E-state index contributed by atoms with van der Waals surface area (Å²) in [5.74, 6) is 0.472. The summed E-state index contributed by atoms with van der Waals surface area (Å²) in [5, 5.41) is 0.493. The number of hydrogen-bond acceptors (Lipinski definition) is 5. The molecule has 2 aliphatic rings. The predicted molar refractivity (Wildman–Crippen MR) is 113 cm³/mol. The number of amides is 1. The van der Waals surface area contributed by atoms with Crippen LogP contribution in [0.15, 0.2) is 29.1 Å². The van der Waals surface area contributed by atoms with Gasteiger partial charge < -0.3 is 14.6 Å². The zero-order valence-electron chi connectivity index (χ0n) is 17.8. The second kappa shape index (κ2) is 8.20. The van der Waals surface area contributed by atoms with E-state index in [0.717, 1.165) is 12.8 Å². The Morgan fingerprint density at radius 3 is 2.80 bits per heavy atom. The Hall–Kier alpha value is -2.70. The lowest BCUT2D eigenvalue weighted by atomic mass is 9.77. The van der Waals surface area contributed by atoms with Gasteiger partial charge in [0, 0.05) is 19.0 Å². The summed E-state index contributed by atoms with van der Waals surface area (Å²) in [6.45, 7) is 6.54. The Morgan fingerprint density at radius 1 is 1.23 bits per heavy atom. The van der Waals surface area contributed by atoms with Gasteiger partial charge >= 0.3 is 5.97 Å². The number of aromatic amines is 1. The molecule has 1 aromatic heterocycles. The summed E-state index contributed by atoms with van der Waals surface area (Å²) in [6.07, 6.45) is 2.79. The van der Waals surface area contributed by atoms with Gasteiger partial charge in [0.05, 0.1) is 16.8 Å². The zero-order chi connectivity index (χ0) is 21.4. The molecular formula is C23H29N3O4. The minimum absolute atomic E-state index is 0.0350. The zero-order valence-corrected chi connectivity index (χ0v) is 17.8. The Balaban J connectivity index is 1.44. The van der Waals surface area contributed by atoms with E-state index >= 15 is 0 Å². The number of likely N-dealkylation sites (tertiary alicyclic amines) is 1. The van der Waals surface area contributed by atoms with Crippen molar-refractivity contribution in [3.8, 4) is 0 Å². The molecule has 7 nitrogen and oxygen atoms in total. The molecule has 5 atom stereocenters. The Labute approximate surface area is 175 Å². The molecule has 0 bridgehead atoms. The lowest BCUT2D eigenvalue weighted by Gasteiger charge is -2.39. The molecule has 2 fully saturated rings. The SMILES string of the molecule is C[C@@H]1[C@@H](C)CCC[C@@H]1N1C[C@H](C(=O)O[C@@H](C)c2nc3ccccc3c(=O)[nH]2)CC1=O. The van der Waals surface area contributed by atoms with Gasteiger partial charge in [-0.3, -0.25) is 14.4 Å². The van der Waals surface area contributed by atoms with Crippen molar-refractivity contribution in [2.45, 2.75) is 58.6 Å². The maximum atomic E-state index is 12.8. The fraction of sp³-hybridized carbons (Fsp3) is 0.565. The van der Waals surface area contributed by atoms with Crippen LogP contribution in [0.5, 0.6) is 0 Å². The van der Waals surface area contributed by atoms with Crippen LogP contribution in [0.2, 0.25) is 0 Å². The van der Waals surface area contributed by atoms with Crippen molar-refractivity contribution in [1.82, 2.24) is 14.9 Å². The highest BCUT2D eigenvalue weighted by molar-refractivity contribution is 5.87. The highest BCUT2D eigenvalue weighted by Gasteiger charge is 2.42. The van der Waals surface area contributed by atoms with Gasteiger partial charge in [0.1, 0.15) is 0 Å². The highest BCUT2D eigenvalue weighted by Crippen LogP contribution is 2.36. The number of rotatable bonds is 4. The van der Waals surface area contributed by atoms with Crippen LogP contribution < -0.4 is 5.56 Å². The first-order valence-corrected chi connectivity index (χ1v) is 10.8. The Bertz CT molecular complexity index is 1020. The molecule has 160 valence electrons. The van der Waals surface area contributed by atoms with Gasteiger partial charge in [0.15, 0.2) is 11.9 Å². The van der Waals surface area contributed by atoms with Crippen LogP contribution in [0.4, 0.5) is 0 Å². The number of esters is 1. The lowest BCUT2D eigenvalue weighted by Crippen LogP contribution is -2.45. The molecule has 1 N–H and O–H groups in total. The number of ether oxygens (including phenoxy) is 1. The molecule has 30 heavy (non-hydrogen) atoms. The van der Waals surface area contributed by atoms with Gasteiger partial charge in [0.25, 0.3) is 5.56 Å². The average molecular weight is 412 g/mol. The first-order chi connectivity index (χ1) is 14.3. The summed E-state index contributed by atoms with van der Waals surface area (Å²) < 4.78 is 5.61. The maximum absolute atomic E-state index is 12.8. The van der Waals surface area contributed by atoms with Crippen molar-refractivity contribution in [2.75, 3.05) is 6.54 Å². The Morgan fingerprint density at radius 2 is 2.00 bits per heavy atom. The van der Waals surface area contributed by atoms with Crippen molar-refractivity contribution < 1.29 is 14.3 Å². The number of H-pyrrole nitrogens is 1. The van der Waals surface area contributed by atoms with E-state index in [4.69, 9.17) is 4.74 Å². The van der Waals surface area contributed by atoms with E-state index in [9.17, 15) is 14.4 Å². The monoisotopic (exact) mass is 411 g/mol. The molecule has 0 spiro atoms. The minimum atomic E-state index is -0.701. The van der Waals surface area contributed by atoms with Crippen molar-refractivity contribution in [3.05, 3.63) is 40.4 Å². The summed E-state index contributed by atoms with van der Waals surface area (Å²) in [7, 11) is 0. The summed E-state index contributed by atoms with van der Waals surface area (Å²) in [4.78, 5) is 46.7. The number of fused-ring (bicyclic) bond motifs is 1. The molecule has 1 aliphatic carbocycles.